The van der Waals surface area contributed by atoms with Crippen molar-refractivity contribution in [2.75, 3.05) is 18.9 Å². The smallest absolute Gasteiger partial charge is 0.276 e. The van der Waals surface area contributed by atoms with Crippen LogP contribution >= 0.6 is 34.8 Å². The molecule has 1 fully saturated rings. The monoisotopic (exact) mass is 620 g/mol. The first-order valence-electron chi connectivity index (χ1n) is 13.4. The van der Waals surface area contributed by atoms with Gasteiger partial charge in [0.15, 0.2) is 6.29 Å². The van der Waals surface area contributed by atoms with E-state index in [9.17, 15) is 15.0 Å². The zero-order valence-electron chi connectivity index (χ0n) is 23.1. The van der Waals surface area contributed by atoms with Crippen LogP contribution in [0.2, 0.25) is 0 Å². The minimum Gasteiger partial charge on any atom is -0.392 e. The average Bonchev–Trinajstić information content (AvgIpc) is 2.97. The van der Waals surface area contributed by atoms with Gasteiger partial charge in [-0.2, -0.15) is 0 Å². The lowest BCUT2D eigenvalue weighted by atomic mass is 9.89. The number of carbonyl (C=O) groups is 1. The number of rotatable bonds is 9. The van der Waals surface area contributed by atoms with Gasteiger partial charge >= 0.3 is 0 Å². The second-order valence-corrected chi connectivity index (χ2v) is 12.7. The third-order valence-corrected chi connectivity index (χ3v) is 8.07. The van der Waals surface area contributed by atoms with E-state index in [4.69, 9.17) is 44.3 Å². The van der Waals surface area contributed by atoms with Crippen molar-refractivity contribution in [3.8, 4) is 0 Å². The number of nitrogens with zero attached hydrogens (tertiary/aromatic N) is 1. The zero-order valence-corrected chi connectivity index (χ0v) is 25.4. The molecule has 0 spiro atoms. The van der Waals surface area contributed by atoms with Crippen LogP contribution in [0.3, 0.4) is 0 Å². The summed E-state index contributed by atoms with van der Waals surface area (Å²) in [7, 11) is 1.97. The molecule has 0 saturated carbocycles. The lowest BCUT2D eigenvalue weighted by Gasteiger charge is -2.43. The van der Waals surface area contributed by atoms with E-state index in [1.54, 1.807) is 18.2 Å². The quantitative estimate of drug-likeness (QED) is 0.242. The Bertz CT molecular complexity index is 1290. The molecular formula is C31H35Cl3N2O5. The van der Waals surface area contributed by atoms with E-state index in [0.29, 0.717) is 17.8 Å². The van der Waals surface area contributed by atoms with Crippen molar-refractivity contribution in [2.45, 2.75) is 54.9 Å². The summed E-state index contributed by atoms with van der Waals surface area (Å²) < 4.78 is 11.0. The van der Waals surface area contributed by atoms with E-state index >= 15 is 0 Å². The van der Waals surface area contributed by atoms with E-state index in [-0.39, 0.29) is 30.8 Å². The molecule has 3 N–H and O–H groups in total. The number of halogens is 3. The molecule has 4 rings (SSSR count). The number of benzene rings is 3. The van der Waals surface area contributed by atoms with E-state index in [1.807, 2.05) is 74.6 Å². The van der Waals surface area contributed by atoms with Gasteiger partial charge in [-0.15, -0.1) is 0 Å². The van der Waals surface area contributed by atoms with E-state index in [2.05, 4.69) is 17.1 Å². The van der Waals surface area contributed by atoms with Gasteiger partial charge in [0, 0.05) is 29.8 Å². The zero-order chi connectivity index (χ0) is 29.7. The normalized spacial score (nSPS) is 22.8. The number of hydrogen-bond acceptors (Lipinski definition) is 6. The van der Waals surface area contributed by atoms with Crippen LogP contribution in [0.4, 0.5) is 5.69 Å². The highest BCUT2D eigenvalue weighted by atomic mass is 35.6. The van der Waals surface area contributed by atoms with Gasteiger partial charge in [0.1, 0.15) is 0 Å². The summed E-state index contributed by atoms with van der Waals surface area (Å²) in [6, 6.07) is 24.1. The highest BCUT2D eigenvalue weighted by Crippen LogP contribution is 2.42. The van der Waals surface area contributed by atoms with Gasteiger partial charge in [0.25, 0.3) is 9.70 Å². The van der Waals surface area contributed by atoms with Crippen LogP contribution in [0.25, 0.3) is 0 Å². The number of nitrogens with one attached hydrogen (secondary N) is 1. The molecule has 220 valence electrons. The van der Waals surface area contributed by atoms with Crippen molar-refractivity contribution in [3.05, 3.63) is 101 Å². The van der Waals surface area contributed by atoms with E-state index in [0.717, 1.165) is 16.7 Å². The van der Waals surface area contributed by atoms with Gasteiger partial charge in [-0.25, -0.2) is 0 Å². The van der Waals surface area contributed by atoms with Gasteiger partial charge in [-0.1, -0.05) is 108 Å². The Morgan fingerprint density at radius 2 is 1.68 bits per heavy atom. The Hall–Kier alpha value is -2.20. The number of ether oxygens (including phenoxy) is 2. The first-order valence-corrected chi connectivity index (χ1v) is 14.5. The van der Waals surface area contributed by atoms with Crippen LogP contribution in [0.5, 0.6) is 0 Å². The molecule has 6 atom stereocenters. The Labute approximate surface area is 255 Å². The molecule has 1 amide bonds. The summed E-state index contributed by atoms with van der Waals surface area (Å²) in [6.07, 6.45) is -2.03. The fourth-order valence-corrected chi connectivity index (χ4v) is 5.05. The van der Waals surface area contributed by atoms with E-state index in [1.165, 1.54) is 0 Å². The van der Waals surface area contributed by atoms with Crippen LogP contribution in [0.15, 0.2) is 78.9 Å². The Morgan fingerprint density at radius 1 is 1.00 bits per heavy atom. The molecule has 0 radical (unpaired) electrons. The number of carbonyl (C=O) groups excluding carboxylic acids is 1. The number of aliphatic hydroxyl groups excluding tert-OH is 2. The second-order valence-electron chi connectivity index (χ2n) is 10.4. The van der Waals surface area contributed by atoms with Gasteiger partial charge in [-0.05, 0) is 42.8 Å². The van der Waals surface area contributed by atoms with Crippen LogP contribution < -0.4 is 5.32 Å². The lowest BCUT2D eigenvalue weighted by molar-refractivity contribution is -0.276. The molecule has 7 nitrogen and oxygen atoms in total. The maximum atomic E-state index is 12.2. The SMILES string of the molecule is C[C@@H]1[C@H](CN(C)[C@H](C)[C@@H](O)c2ccccc2)O[C@H](c2cccc(NC(=O)C(Cl)(Cl)Cl)c2)O[C@@H]1c1ccc(CO)cc1. The number of likely N-dealkylation sites (N-methyl/N-ethyl adjacent to an activating group) is 1. The molecule has 1 heterocycles. The molecule has 41 heavy (non-hydrogen) atoms. The first-order chi connectivity index (χ1) is 19.5. The number of amides is 1. The van der Waals surface area contributed by atoms with Crippen molar-refractivity contribution in [2.24, 2.45) is 5.92 Å². The highest BCUT2D eigenvalue weighted by molar-refractivity contribution is 6.76. The molecule has 0 bridgehead atoms. The van der Waals surface area contributed by atoms with Gasteiger partial charge < -0.3 is 25.0 Å². The summed E-state index contributed by atoms with van der Waals surface area (Å²) in [5.41, 5.74) is 3.72. The molecule has 0 aromatic heterocycles. The minimum absolute atomic E-state index is 0.0468. The Balaban J connectivity index is 1.59. The molecule has 0 unspecified atom stereocenters. The van der Waals surface area contributed by atoms with Crippen LogP contribution in [0.1, 0.15) is 54.6 Å². The first kappa shape index (κ1) is 31.7. The molecule has 1 saturated heterocycles. The molecule has 0 aliphatic carbocycles. The van der Waals surface area contributed by atoms with Crippen molar-refractivity contribution in [1.82, 2.24) is 4.90 Å². The predicted molar refractivity (Wildman–Crippen MR) is 162 cm³/mol. The molecule has 3 aromatic rings. The molecular weight excluding hydrogens is 587 g/mol. The van der Waals surface area contributed by atoms with Crippen LogP contribution in [-0.4, -0.2) is 50.6 Å². The van der Waals surface area contributed by atoms with E-state index < -0.39 is 22.1 Å². The number of anilines is 1. The summed E-state index contributed by atoms with van der Waals surface area (Å²) in [6.45, 7) is 4.55. The second kappa shape index (κ2) is 13.8. The standard InChI is InChI=1S/C31H35Cl3N2O5/c1-19-26(17-36(3)20(2)27(38)22-8-5-4-6-9-22)40-29(41-28(19)23-14-12-21(18-37)13-15-23)24-10-7-11-25(16-24)35-30(39)31(32,33)34/h4-16,19-20,26-29,37-38H,17-18H2,1-3H3,(H,35,39)/t19-,20-,26+,27-,28+,29+/m1/s1. The predicted octanol–water partition coefficient (Wildman–Crippen LogP) is 6.33. The summed E-state index contributed by atoms with van der Waals surface area (Å²) >= 11 is 17.2. The van der Waals surface area contributed by atoms with Crippen molar-refractivity contribution >= 4 is 46.4 Å². The van der Waals surface area contributed by atoms with Crippen molar-refractivity contribution < 1.29 is 24.5 Å². The van der Waals surface area contributed by atoms with Crippen molar-refractivity contribution in [3.63, 3.8) is 0 Å². The average molecular weight is 622 g/mol. The van der Waals surface area contributed by atoms with Crippen LogP contribution in [0, 0.1) is 5.92 Å². The van der Waals surface area contributed by atoms with Gasteiger partial charge in [-0.3, -0.25) is 9.69 Å². The van der Waals surface area contributed by atoms with Gasteiger partial charge in [0.2, 0.25) is 0 Å². The fraction of sp³-hybridized carbons (Fsp3) is 0.387. The lowest BCUT2D eigenvalue weighted by Crippen LogP contribution is -2.46. The third-order valence-electron chi connectivity index (χ3n) is 7.56. The molecule has 10 heteroatoms. The summed E-state index contributed by atoms with van der Waals surface area (Å²) in [4.78, 5) is 14.3. The van der Waals surface area contributed by atoms with Gasteiger partial charge in [0.05, 0.1) is 24.9 Å². The number of hydrogen-bond donors (Lipinski definition) is 3. The third kappa shape index (κ3) is 8.00. The minimum atomic E-state index is -2.11. The molecule has 3 aromatic carbocycles. The van der Waals surface area contributed by atoms with Crippen LogP contribution in [-0.2, 0) is 20.9 Å². The maximum absolute atomic E-state index is 12.2. The topological polar surface area (TPSA) is 91.3 Å². The number of alkyl halides is 3. The summed E-state index contributed by atoms with van der Waals surface area (Å²) in [5, 5.41) is 23.1. The molecule has 1 aliphatic rings. The maximum Gasteiger partial charge on any atom is 0.276 e. The Morgan fingerprint density at radius 3 is 2.32 bits per heavy atom. The largest absolute Gasteiger partial charge is 0.392 e. The fourth-order valence-electron chi connectivity index (χ4n) is 4.91. The molecule has 1 aliphatic heterocycles. The summed E-state index contributed by atoms with van der Waals surface area (Å²) in [5.74, 6) is -0.826. The highest BCUT2D eigenvalue weighted by Gasteiger charge is 2.40. The number of aliphatic hydroxyl groups is 2. The van der Waals surface area contributed by atoms with Crippen molar-refractivity contribution in [1.29, 1.82) is 0 Å². The Kier molecular flexibility index (Phi) is 10.7.